The molecule has 0 atom stereocenters. The average Bonchev–Trinajstić information content (AvgIpc) is 3.70. The topological polar surface area (TPSA) is 103 Å². The molecular formula is C29H25F5N6O4. The number of hydrogen-bond donors (Lipinski definition) is 1. The maximum absolute atomic E-state index is 14.0. The second-order valence-corrected chi connectivity index (χ2v) is 10.5. The summed E-state index contributed by atoms with van der Waals surface area (Å²) in [4.78, 5) is 45.7. The molecule has 10 nitrogen and oxygen atoms in total. The molecule has 0 fully saturated rings. The van der Waals surface area contributed by atoms with E-state index in [4.69, 9.17) is 0 Å². The van der Waals surface area contributed by atoms with Crippen LogP contribution >= 0.6 is 0 Å². The summed E-state index contributed by atoms with van der Waals surface area (Å²) in [6.45, 7) is 0.322. The highest BCUT2D eigenvalue weighted by Crippen LogP contribution is 2.32. The fourth-order valence-electron chi connectivity index (χ4n) is 5.50. The lowest BCUT2D eigenvalue weighted by Gasteiger charge is -2.22. The molecule has 0 aliphatic carbocycles. The van der Waals surface area contributed by atoms with Crippen molar-refractivity contribution in [2.75, 3.05) is 24.5 Å². The number of nitrogens with zero attached hydrogens (tertiary/aromatic N) is 5. The van der Waals surface area contributed by atoms with E-state index in [0.29, 0.717) is 41.7 Å². The fourth-order valence-corrected chi connectivity index (χ4v) is 5.50. The molecular weight excluding hydrogens is 591 g/mol. The largest absolute Gasteiger partial charge is 0.490 e. The first kappa shape index (κ1) is 29.3. The molecule has 0 amide bonds. The van der Waals surface area contributed by atoms with Gasteiger partial charge in [0.05, 0.1) is 6.54 Å². The second kappa shape index (κ2) is 11.4. The molecule has 15 heteroatoms. The van der Waals surface area contributed by atoms with Crippen LogP contribution in [0.3, 0.4) is 0 Å². The van der Waals surface area contributed by atoms with Gasteiger partial charge in [-0.05, 0) is 53.8 Å². The quantitative estimate of drug-likeness (QED) is 0.240. The van der Waals surface area contributed by atoms with Gasteiger partial charge in [0.25, 0.3) is 5.56 Å². The van der Waals surface area contributed by atoms with Crippen molar-refractivity contribution in [3.63, 3.8) is 0 Å². The van der Waals surface area contributed by atoms with E-state index in [9.17, 15) is 36.3 Å². The van der Waals surface area contributed by atoms with Gasteiger partial charge in [0.2, 0.25) is 5.95 Å². The number of ether oxygens (including phenoxy) is 1. The first-order valence-electron chi connectivity index (χ1n) is 13.7. The third kappa shape index (κ3) is 5.50. The molecule has 0 saturated carbocycles. The lowest BCUT2D eigenvalue weighted by Crippen LogP contribution is -2.42. The van der Waals surface area contributed by atoms with Crippen LogP contribution in [0.4, 0.5) is 27.9 Å². The number of halogens is 5. The van der Waals surface area contributed by atoms with Crippen LogP contribution in [0.2, 0.25) is 0 Å². The van der Waals surface area contributed by atoms with Crippen LogP contribution in [-0.2, 0) is 35.8 Å². The van der Waals surface area contributed by atoms with Gasteiger partial charge in [-0.1, -0.05) is 24.3 Å². The van der Waals surface area contributed by atoms with Gasteiger partial charge in [-0.3, -0.25) is 13.9 Å². The maximum Gasteiger partial charge on any atom is 0.490 e. The zero-order valence-electron chi connectivity index (χ0n) is 23.0. The molecule has 0 saturated heterocycles. The molecule has 0 unspecified atom stereocenters. The Morgan fingerprint density at radius 2 is 1.57 bits per heavy atom. The van der Waals surface area contributed by atoms with Crippen LogP contribution in [-0.4, -0.2) is 50.5 Å². The lowest BCUT2D eigenvalue weighted by atomic mass is 10.1. The molecule has 6 rings (SSSR count). The summed E-state index contributed by atoms with van der Waals surface area (Å²) in [6.07, 6.45) is -4.50. The van der Waals surface area contributed by atoms with Crippen LogP contribution in [0.15, 0.2) is 69.4 Å². The van der Waals surface area contributed by atoms with E-state index in [0.717, 1.165) is 15.8 Å². The molecule has 2 aromatic heterocycles. The highest BCUT2D eigenvalue weighted by atomic mass is 19.4. The van der Waals surface area contributed by atoms with Crippen molar-refractivity contribution in [3.05, 3.63) is 103 Å². The number of nitrogens with one attached hydrogen (secondary N) is 1. The zero-order valence-corrected chi connectivity index (χ0v) is 23.0. The van der Waals surface area contributed by atoms with Gasteiger partial charge >= 0.3 is 17.8 Å². The van der Waals surface area contributed by atoms with Crippen LogP contribution in [0, 0.1) is 11.6 Å². The Morgan fingerprint density at radius 3 is 2.23 bits per heavy atom. The van der Waals surface area contributed by atoms with E-state index >= 15 is 0 Å². The van der Waals surface area contributed by atoms with Crippen molar-refractivity contribution in [1.29, 1.82) is 0 Å². The van der Waals surface area contributed by atoms with E-state index in [1.807, 2.05) is 4.90 Å². The number of anilines is 1. The highest BCUT2D eigenvalue weighted by Gasteiger charge is 2.41. The van der Waals surface area contributed by atoms with Crippen molar-refractivity contribution in [3.8, 4) is 0 Å². The van der Waals surface area contributed by atoms with E-state index in [1.165, 1.54) is 53.1 Å². The maximum atomic E-state index is 14.0. The number of imidazole rings is 1. The fraction of sp³-hybridized carbons (Fsp3) is 0.310. The molecule has 44 heavy (non-hydrogen) atoms. The van der Waals surface area contributed by atoms with E-state index < -0.39 is 41.8 Å². The molecule has 2 aliphatic rings. The summed E-state index contributed by atoms with van der Waals surface area (Å²) in [5.74, 6) is -3.21. The van der Waals surface area contributed by atoms with Gasteiger partial charge in [-0.2, -0.15) is 18.2 Å². The smallest absolute Gasteiger partial charge is 0.437 e. The second-order valence-electron chi connectivity index (χ2n) is 10.5. The van der Waals surface area contributed by atoms with Gasteiger partial charge in [0, 0.05) is 31.9 Å². The zero-order chi connectivity index (χ0) is 31.2. The summed E-state index contributed by atoms with van der Waals surface area (Å²) in [7, 11) is 0. The third-order valence-corrected chi connectivity index (χ3v) is 7.69. The molecule has 2 aromatic carbocycles. The lowest BCUT2D eigenvalue weighted by molar-refractivity contribution is -0.203. The van der Waals surface area contributed by atoms with E-state index in [-0.39, 0.29) is 36.6 Å². The highest BCUT2D eigenvalue weighted by molar-refractivity contribution is 5.77. The van der Waals surface area contributed by atoms with Crippen LogP contribution in [0.1, 0.15) is 17.5 Å². The van der Waals surface area contributed by atoms with Crippen LogP contribution in [0.25, 0.3) is 11.2 Å². The number of rotatable bonds is 8. The molecule has 4 heterocycles. The van der Waals surface area contributed by atoms with Crippen molar-refractivity contribution in [1.82, 2.24) is 24.0 Å². The minimum atomic E-state index is -5.32. The minimum absolute atomic E-state index is 0.00635. The Labute approximate surface area is 245 Å². The summed E-state index contributed by atoms with van der Waals surface area (Å²) in [5, 5.41) is 3.25. The molecule has 2 aliphatic heterocycles. The van der Waals surface area contributed by atoms with Crippen molar-refractivity contribution < 1.29 is 31.5 Å². The number of benzene rings is 2. The standard InChI is InChI=1S/C29H25F5N6O4/c30-20-5-1-17(2-6-20)9-11-38-25(41)23-24(40(28(38)43)16-44-26(42)29(32,33)34)36-27(37-12-10-19-13-35-14-22(19)37)39(23)15-18-3-7-21(31)8-4-18/h1-8,35H,9-16H2. The van der Waals surface area contributed by atoms with Gasteiger partial charge in [0.15, 0.2) is 17.9 Å². The molecule has 1 N–H and O–H groups in total. The SMILES string of the molecule is O=C(OCn1c(=O)n(CCc2ccc(F)cc2)c(=O)c2c1nc(N1CCC3=C1CNC3)n2Cc1ccc(F)cc1)C(F)(F)F. The number of aromatic nitrogens is 4. The predicted octanol–water partition coefficient (Wildman–Crippen LogP) is 3.06. The monoisotopic (exact) mass is 616 g/mol. The Morgan fingerprint density at radius 1 is 0.909 bits per heavy atom. The molecule has 0 spiro atoms. The summed E-state index contributed by atoms with van der Waals surface area (Å²) in [5.41, 5.74) is 1.04. The predicted molar refractivity (Wildman–Crippen MR) is 148 cm³/mol. The Balaban J connectivity index is 1.53. The first-order valence-corrected chi connectivity index (χ1v) is 13.7. The van der Waals surface area contributed by atoms with Gasteiger partial charge in [-0.15, -0.1) is 0 Å². The van der Waals surface area contributed by atoms with Crippen LogP contribution < -0.4 is 21.5 Å². The van der Waals surface area contributed by atoms with E-state index in [1.54, 1.807) is 0 Å². The minimum Gasteiger partial charge on any atom is -0.437 e. The van der Waals surface area contributed by atoms with Crippen molar-refractivity contribution >= 4 is 23.1 Å². The molecule has 0 bridgehead atoms. The van der Waals surface area contributed by atoms with Gasteiger partial charge in [0.1, 0.15) is 11.6 Å². The van der Waals surface area contributed by atoms with Crippen molar-refractivity contribution in [2.45, 2.75) is 38.8 Å². The number of fused-ring (bicyclic) bond motifs is 1. The summed E-state index contributed by atoms with van der Waals surface area (Å²) < 4.78 is 73.7. The Kier molecular flexibility index (Phi) is 7.57. The van der Waals surface area contributed by atoms with E-state index in [2.05, 4.69) is 15.0 Å². The number of esters is 1. The van der Waals surface area contributed by atoms with Gasteiger partial charge < -0.3 is 15.0 Å². The van der Waals surface area contributed by atoms with Gasteiger partial charge in [-0.25, -0.2) is 22.9 Å². The molecule has 4 aromatic rings. The first-order chi connectivity index (χ1) is 21.0. The Bertz CT molecular complexity index is 1890. The normalized spacial score (nSPS) is 15.0. The molecule has 230 valence electrons. The van der Waals surface area contributed by atoms with Crippen LogP contribution in [0.5, 0.6) is 0 Å². The third-order valence-electron chi connectivity index (χ3n) is 7.69. The summed E-state index contributed by atoms with van der Waals surface area (Å²) >= 11 is 0. The number of carbonyl (C=O) groups is 1. The number of alkyl halides is 3. The molecule has 0 radical (unpaired) electrons. The number of hydrogen-bond acceptors (Lipinski definition) is 7. The average molecular weight is 617 g/mol. The Hall–Kier alpha value is -4.79. The number of aryl methyl sites for hydroxylation is 1. The number of carbonyl (C=O) groups excluding carboxylic acids is 1. The van der Waals surface area contributed by atoms with Crippen molar-refractivity contribution in [2.24, 2.45) is 0 Å². The summed E-state index contributed by atoms with van der Waals surface area (Å²) in [6, 6.07) is 10.9.